The monoisotopic (exact) mass is 957 g/mol. The predicted octanol–water partition coefficient (Wildman–Crippen LogP) is 17.1. The topological polar surface area (TPSA) is 108 Å². The maximum absolute atomic E-state index is 13.2. The molecular formula is C60H108O8. The van der Waals surface area contributed by atoms with Gasteiger partial charge in [-0.05, 0) is 96.3 Å². The third kappa shape index (κ3) is 39.3. The van der Waals surface area contributed by atoms with Crippen molar-refractivity contribution in [3.8, 4) is 0 Å². The lowest BCUT2D eigenvalue weighted by molar-refractivity contribution is -0.170. The summed E-state index contributed by atoms with van der Waals surface area (Å²) in [6.07, 6.45) is 57.1. The third-order valence-electron chi connectivity index (χ3n) is 13.5. The Labute approximate surface area is 419 Å². The molecule has 0 radical (unpaired) electrons. The lowest BCUT2D eigenvalue weighted by Gasteiger charge is -2.28. The van der Waals surface area contributed by atoms with Crippen LogP contribution in [0.5, 0.6) is 0 Å². The van der Waals surface area contributed by atoms with Crippen LogP contribution in [0.3, 0.4) is 0 Å². The number of ether oxygens (including phenoxy) is 4. The molecule has 1 saturated heterocycles. The second-order valence-electron chi connectivity index (χ2n) is 20.1. The second kappa shape index (κ2) is 49.5. The fourth-order valence-corrected chi connectivity index (χ4v) is 9.08. The number of unbranched alkanes of at least 4 members (excludes halogenated alkanes) is 32. The minimum atomic E-state index is -0.978. The first-order chi connectivity index (χ1) is 33.5. The summed E-state index contributed by atoms with van der Waals surface area (Å²) in [5.74, 6) is -1.41. The van der Waals surface area contributed by atoms with Crippen molar-refractivity contribution in [2.45, 2.75) is 302 Å². The molecular weight excluding hydrogens is 849 g/mol. The number of rotatable bonds is 50. The zero-order chi connectivity index (χ0) is 49.2. The van der Waals surface area contributed by atoms with E-state index in [1.165, 1.54) is 135 Å². The molecule has 0 aromatic carbocycles. The summed E-state index contributed by atoms with van der Waals surface area (Å²) >= 11 is 0. The van der Waals surface area contributed by atoms with Gasteiger partial charge in [-0.2, -0.15) is 0 Å². The van der Waals surface area contributed by atoms with Gasteiger partial charge >= 0.3 is 17.9 Å². The quantitative estimate of drug-likeness (QED) is 0.0278. The molecule has 8 nitrogen and oxygen atoms in total. The first-order valence-corrected chi connectivity index (χ1v) is 29.2. The van der Waals surface area contributed by atoms with E-state index in [0.717, 1.165) is 103 Å². The summed E-state index contributed by atoms with van der Waals surface area (Å²) in [6, 6.07) is 0. The molecule has 1 aliphatic heterocycles. The van der Waals surface area contributed by atoms with Crippen molar-refractivity contribution < 1.29 is 38.4 Å². The lowest BCUT2D eigenvalue weighted by Crippen LogP contribution is -2.45. The highest BCUT2D eigenvalue weighted by molar-refractivity contribution is 5.70. The van der Waals surface area contributed by atoms with E-state index in [0.29, 0.717) is 12.8 Å². The van der Waals surface area contributed by atoms with E-state index in [1.54, 1.807) is 0 Å². The van der Waals surface area contributed by atoms with Gasteiger partial charge in [0.05, 0.1) is 25.7 Å². The lowest BCUT2D eigenvalue weighted by atomic mass is 9.99. The van der Waals surface area contributed by atoms with E-state index in [9.17, 15) is 19.5 Å². The Morgan fingerprint density at radius 2 is 0.779 bits per heavy atom. The number of aliphatic hydroxyl groups is 1. The zero-order valence-corrected chi connectivity index (χ0v) is 44.7. The van der Waals surface area contributed by atoms with Crippen molar-refractivity contribution in [2.75, 3.05) is 19.8 Å². The van der Waals surface area contributed by atoms with Gasteiger partial charge in [0, 0.05) is 19.3 Å². The average Bonchev–Trinajstić information content (AvgIpc) is 3.73. The minimum absolute atomic E-state index is 0.0477. The van der Waals surface area contributed by atoms with Crippen molar-refractivity contribution >= 4 is 17.9 Å². The van der Waals surface area contributed by atoms with Crippen LogP contribution in [-0.4, -0.2) is 61.1 Å². The molecule has 396 valence electrons. The van der Waals surface area contributed by atoms with E-state index in [1.807, 2.05) is 0 Å². The summed E-state index contributed by atoms with van der Waals surface area (Å²) < 4.78 is 23.6. The number of allylic oxidation sites excluding steroid dienone is 6. The Kier molecular flexibility index (Phi) is 46.3. The summed E-state index contributed by atoms with van der Waals surface area (Å²) in [4.78, 5) is 39.1. The van der Waals surface area contributed by atoms with Crippen molar-refractivity contribution in [2.24, 2.45) is 5.92 Å². The molecule has 1 heterocycles. The summed E-state index contributed by atoms with van der Waals surface area (Å²) in [7, 11) is 0. The molecule has 1 fully saturated rings. The second-order valence-corrected chi connectivity index (χ2v) is 20.1. The Hall–Kier alpha value is -2.45. The van der Waals surface area contributed by atoms with E-state index in [4.69, 9.17) is 18.9 Å². The highest BCUT2D eigenvalue weighted by Crippen LogP contribution is 2.29. The van der Waals surface area contributed by atoms with Gasteiger partial charge < -0.3 is 24.1 Å². The van der Waals surface area contributed by atoms with Crippen LogP contribution in [-0.2, 0) is 33.3 Å². The summed E-state index contributed by atoms with van der Waals surface area (Å²) in [5.41, 5.74) is 0. The van der Waals surface area contributed by atoms with E-state index >= 15 is 0 Å². The largest absolute Gasteiger partial charge is 0.465 e. The molecule has 1 rings (SSSR count). The highest BCUT2D eigenvalue weighted by atomic mass is 16.6. The molecule has 8 heteroatoms. The molecule has 0 saturated carbocycles. The summed E-state index contributed by atoms with van der Waals surface area (Å²) in [5, 5.41) is 10.4. The maximum Gasteiger partial charge on any atom is 0.306 e. The molecule has 0 aliphatic carbocycles. The standard InChI is InChI=1S/C60H108O8/c1-4-7-10-13-16-19-22-25-28-31-33-36-39-42-45-48-56(62)65-52-54-53-66-60(55(51-61)67-57(63)49-46-43-40-37-34-30-27-24-21-18-15-12-9-6-3)59(54)68-58(64)50-47-44-41-38-35-32-29-26-23-20-17-14-11-8-5-2/h25-30,54-55,59-61H,4-24,31-53H2,1-3H3/b28-25-,29-26-,30-27-/t54-,55+,59+,60+/m0/s1. The van der Waals surface area contributed by atoms with Gasteiger partial charge in [0.1, 0.15) is 12.2 Å². The number of aliphatic hydroxyl groups excluding tert-OH is 1. The van der Waals surface area contributed by atoms with Crippen molar-refractivity contribution in [1.29, 1.82) is 0 Å². The van der Waals surface area contributed by atoms with Crippen LogP contribution < -0.4 is 0 Å². The SMILES string of the molecule is CCCCCCCC/C=C\CCCCCCCC(=O)OC[C@H]1CO[C@H]([C@@H](CO)OC(=O)CCCCCC/C=C\CCCCCCCC)[C@@H]1OC(=O)CCCCCCC/C=C\CCCCCCCC. The average molecular weight is 958 g/mol. The molecule has 4 atom stereocenters. The molecule has 1 aliphatic rings. The Morgan fingerprint density at radius 3 is 1.15 bits per heavy atom. The summed E-state index contributed by atoms with van der Waals surface area (Å²) in [6.45, 7) is 6.54. The van der Waals surface area contributed by atoms with Crippen LogP contribution >= 0.6 is 0 Å². The zero-order valence-electron chi connectivity index (χ0n) is 44.7. The third-order valence-corrected chi connectivity index (χ3v) is 13.5. The first-order valence-electron chi connectivity index (χ1n) is 29.2. The molecule has 68 heavy (non-hydrogen) atoms. The van der Waals surface area contributed by atoms with E-state index in [-0.39, 0.29) is 44.0 Å². The van der Waals surface area contributed by atoms with Gasteiger partial charge in [0.15, 0.2) is 6.10 Å². The predicted molar refractivity (Wildman–Crippen MR) is 285 cm³/mol. The Balaban J connectivity index is 2.51. The number of hydrogen-bond donors (Lipinski definition) is 1. The molecule has 1 N–H and O–H groups in total. The van der Waals surface area contributed by atoms with Crippen LogP contribution in [0.15, 0.2) is 36.5 Å². The number of esters is 3. The van der Waals surface area contributed by atoms with E-state index < -0.39 is 30.8 Å². The molecule has 0 unspecified atom stereocenters. The smallest absolute Gasteiger partial charge is 0.306 e. The van der Waals surface area contributed by atoms with Crippen LogP contribution in [0.2, 0.25) is 0 Å². The number of carbonyl (C=O) groups excluding carboxylic acids is 3. The van der Waals surface area contributed by atoms with Gasteiger partial charge in [-0.25, -0.2) is 0 Å². The molecule has 0 aromatic heterocycles. The Bertz CT molecular complexity index is 1230. The van der Waals surface area contributed by atoms with Gasteiger partial charge in [0.2, 0.25) is 0 Å². The first kappa shape index (κ1) is 63.6. The van der Waals surface area contributed by atoms with E-state index in [2.05, 4.69) is 57.2 Å². The minimum Gasteiger partial charge on any atom is -0.465 e. The number of hydrogen-bond acceptors (Lipinski definition) is 8. The highest BCUT2D eigenvalue weighted by Gasteiger charge is 2.46. The van der Waals surface area contributed by atoms with Crippen molar-refractivity contribution in [3.05, 3.63) is 36.5 Å². The van der Waals surface area contributed by atoms with Gasteiger partial charge in [-0.1, -0.05) is 205 Å². The van der Waals surface area contributed by atoms with Gasteiger partial charge in [-0.3, -0.25) is 14.4 Å². The van der Waals surface area contributed by atoms with Crippen LogP contribution in [0.25, 0.3) is 0 Å². The number of carbonyl (C=O) groups is 3. The van der Waals surface area contributed by atoms with Crippen LogP contribution in [0.1, 0.15) is 284 Å². The van der Waals surface area contributed by atoms with Crippen molar-refractivity contribution in [1.82, 2.24) is 0 Å². The van der Waals surface area contributed by atoms with Gasteiger partial charge in [-0.15, -0.1) is 0 Å². The van der Waals surface area contributed by atoms with Crippen molar-refractivity contribution in [3.63, 3.8) is 0 Å². The maximum atomic E-state index is 13.2. The van der Waals surface area contributed by atoms with Gasteiger partial charge in [0.25, 0.3) is 0 Å². The fourth-order valence-electron chi connectivity index (χ4n) is 9.08. The molecule has 0 spiro atoms. The van der Waals surface area contributed by atoms with Crippen LogP contribution in [0, 0.1) is 5.92 Å². The molecule has 0 amide bonds. The fraction of sp³-hybridized carbons (Fsp3) is 0.850. The normalized spacial score (nSPS) is 16.7. The molecule has 0 aromatic rings. The molecule has 0 bridgehead atoms. The Morgan fingerprint density at radius 1 is 0.456 bits per heavy atom. The van der Waals surface area contributed by atoms with Crippen LogP contribution in [0.4, 0.5) is 0 Å².